The summed E-state index contributed by atoms with van der Waals surface area (Å²) in [4.78, 5) is 61.7. The average Bonchev–Trinajstić information content (AvgIpc) is 2.83. The standard InChI is InChI=1S/C24H37N5O6S/c1-14(2)20(26)23(33)29-18(13-15-7-5-4-6-8-15)22(32)27-16(9-10-19(25)30)21(31)28-17(24(34)35)11-12-36-3/h4-8,14,16-18,20H,9-13,26H2,1-3H3,(H2,25,30)(H,27,32)(H,28,31)(H,29,33)(H,34,35). The van der Waals surface area contributed by atoms with Gasteiger partial charge in [0.2, 0.25) is 23.6 Å². The first kappa shape index (κ1) is 30.9. The van der Waals surface area contributed by atoms with Crippen LogP contribution >= 0.6 is 11.8 Å². The molecule has 0 fully saturated rings. The van der Waals surface area contributed by atoms with Crippen LogP contribution in [0, 0.1) is 5.92 Å². The third kappa shape index (κ3) is 11.1. The molecule has 0 bridgehead atoms. The SMILES string of the molecule is CSCCC(NC(=O)C(CCC(N)=O)NC(=O)C(Cc1ccccc1)NC(=O)C(N)C(C)C)C(=O)O. The fourth-order valence-electron chi connectivity index (χ4n) is 3.22. The molecule has 0 spiro atoms. The molecule has 0 aliphatic heterocycles. The van der Waals surface area contributed by atoms with Gasteiger partial charge in [-0.05, 0) is 36.3 Å². The maximum Gasteiger partial charge on any atom is 0.326 e. The molecule has 0 radical (unpaired) electrons. The number of carboxylic acid groups (broad SMARTS) is 1. The minimum atomic E-state index is -1.24. The van der Waals surface area contributed by atoms with Crippen molar-refractivity contribution < 1.29 is 29.1 Å². The number of nitrogens with one attached hydrogen (secondary N) is 3. The van der Waals surface area contributed by atoms with Crippen molar-refractivity contribution in [3.05, 3.63) is 35.9 Å². The Balaban J connectivity index is 3.11. The van der Waals surface area contributed by atoms with E-state index in [-0.39, 0.29) is 31.6 Å². The van der Waals surface area contributed by atoms with Gasteiger partial charge in [0.25, 0.3) is 0 Å². The van der Waals surface area contributed by atoms with Crippen LogP contribution in [-0.2, 0) is 30.4 Å². The van der Waals surface area contributed by atoms with Crippen molar-refractivity contribution in [3.63, 3.8) is 0 Å². The van der Waals surface area contributed by atoms with E-state index in [0.29, 0.717) is 5.75 Å². The highest BCUT2D eigenvalue weighted by molar-refractivity contribution is 7.98. The van der Waals surface area contributed by atoms with Gasteiger partial charge >= 0.3 is 5.97 Å². The molecule has 4 atom stereocenters. The number of hydrogen-bond acceptors (Lipinski definition) is 7. The Morgan fingerprint density at radius 1 is 0.889 bits per heavy atom. The number of carboxylic acids is 1. The molecule has 0 saturated heterocycles. The molecule has 11 nitrogen and oxygen atoms in total. The zero-order valence-electron chi connectivity index (χ0n) is 20.9. The quantitative estimate of drug-likeness (QED) is 0.171. The van der Waals surface area contributed by atoms with Crippen LogP contribution in [0.15, 0.2) is 30.3 Å². The number of thioether (sulfide) groups is 1. The van der Waals surface area contributed by atoms with E-state index in [1.54, 1.807) is 38.1 Å². The summed E-state index contributed by atoms with van der Waals surface area (Å²) in [5, 5.41) is 17.1. The van der Waals surface area contributed by atoms with Crippen molar-refractivity contribution in [2.75, 3.05) is 12.0 Å². The van der Waals surface area contributed by atoms with E-state index in [0.717, 1.165) is 5.56 Å². The summed E-state index contributed by atoms with van der Waals surface area (Å²) in [5.74, 6) is -3.54. The molecule has 200 valence electrons. The lowest BCUT2D eigenvalue weighted by Crippen LogP contribution is -2.58. The van der Waals surface area contributed by atoms with Gasteiger partial charge in [-0.1, -0.05) is 44.2 Å². The van der Waals surface area contributed by atoms with Crippen molar-refractivity contribution in [1.82, 2.24) is 16.0 Å². The van der Waals surface area contributed by atoms with Crippen LogP contribution in [0.4, 0.5) is 0 Å². The Labute approximate surface area is 215 Å². The zero-order valence-corrected chi connectivity index (χ0v) is 21.7. The van der Waals surface area contributed by atoms with Crippen LogP contribution in [0.3, 0.4) is 0 Å². The van der Waals surface area contributed by atoms with Crippen molar-refractivity contribution in [1.29, 1.82) is 0 Å². The van der Waals surface area contributed by atoms with Crippen LogP contribution in [0.2, 0.25) is 0 Å². The van der Waals surface area contributed by atoms with E-state index >= 15 is 0 Å². The van der Waals surface area contributed by atoms with Crippen molar-refractivity contribution in [3.8, 4) is 0 Å². The van der Waals surface area contributed by atoms with Crippen LogP contribution in [0.25, 0.3) is 0 Å². The summed E-state index contributed by atoms with van der Waals surface area (Å²) >= 11 is 1.43. The molecular formula is C24H37N5O6S. The fourth-order valence-corrected chi connectivity index (χ4v) is 3.69. The van der Waals surface area contributed by atoms with Gasteiger partial charge < -0.3 is 32.5 Å². The second kappa shape index (κ2) is 15.8. The molecule has 12 heteroatoms. The number of hydrogen-bond donors (Lipinski definition) is 6. The van der Waals surface area contributed by atoms with E-state index in [1.807, 2.05) is 12.3 Å². The summed E-state index contributed by atoms with van der Waals surface area (Å²) in [6.07, 6.45) is 1.76. The number of carbonyl (C=O) groups excluding carboxylic acids is 4. The second-order valence-electron chi connectivity index (χ2n) is 8.77. The van der Waals surface area contributed by atoms with Gasteiger partial charge in [0.05, 0.1) is 6.04 Å². The number of primary amides is 1. The molecule has 4 unspecified atom stereocenters. The van der Waals surface area contributed by atoms with E-state index in [9.17, 15) is 29.1 Å². The molecule has 0 aliphatic rings. The molecule has 0 aromatic heterocycles. The minimum Gasteiger partial charge on any atom is -0.480 e. The van der Waals surface area contributed by atoms with Crippen molar-refractivity contribution in [2.24, 2.45) is 17.4 Å². The number of amides is 4. The largest absolute Gasteiger partial charge is 0.480 e. The zero-order chi connectivity index (χ0) is 27.3. The van der Waals surface area contributed by atoms with E-state index in [4.69, 9.17) is 11.5 Å². The van der Waals surface area contributed by atoms with E-state index in [2.05, 4.69) is 16.0 Å². The topological polar surface area (TPSA) is 194 Å². The lowest BCUT2D eigenvalue weighted by molar-refractivity contribution is -0.142. The maximum absolute atomic E-state index is 13.2. The fraction of sp³-hybridized carbons (Fsp3) is 0.542. The van der Waals surface area contributed by atoms with Gasteiger partial charge in [-0.25, -0.2) is 4.79 Å². The number of benzene rings is 1. The number of rotatable bonds is 16. The minimum absolute atomic E-state index is 0.124. The van der Waals surface area contributed by atoms with Gasteiger partial charge in [0.15, 0.2) is 0 Å². The van der Waals surface area contributed by atoms with Gasteiger partial charge in [0, 0.05) is 12.8 Å². The first-order valence-corrected chi connectivity index (χ1v) is 13.1. The summed E-state index contributed by atoms with van der Waals surface area (Å²) in [5.41, 5.74) is 11.9. The number of nitrogens with two attached hydrogens (primary N) is 2. The Hall–Kier alpha value is -3.12. The lowest BCUT2D eigenvalue weighted by atomic mass is 10.0. The molecule has 0 saturated carbocycles. The highest BCUT2D eigenvalue weighted by Crippen LogP contribution is 2.08. The van der Waals surface area contributed by atoms with Gasteiger partial charge in [-0.2, -0.15) is 11.8 Å². The van der Waals surface area contributed by atoms with Crippen LogP contribution in [0.1, 0.15) is 38.7 Å². The average molecular weight is 524 g/mol. The molecule has 8 N–H and O–H groups in total. The van der Waals surface area contributed by atoms with E-state index < -0.39 is 53.8 Å². The predicted molar refractivity (Wildman–Crippen MR) is 138 cm³/mol. The lowest BCUT2D eigenvalue weighted by Gasteiger charge is -2.26. The number of carbonyl (C=O) groups is 5. The normalized spacial score (nSPS) is 14.2. The summed E-state index contributed by atoms with van der Waals surface area (Å²) < 4.78 is 0. The van der Waals surface area contributed by atoms with E-state index in [1.165, 1.54) is 11.8 Å². The molecular weight excluding hydrogens is 486 g/mol. The second-order valence-corrected chi connectivity index (χ2v) is 9.75. The van der Waals surface area contributed by atoms with Gasteiger partial charge in [-0.3, -0.25) is 19.2 Å². The van der Waals surface area contributed by atoms with Crippen molar-refractivity contribution in [2.45, 2.75) is 63.7 Å². The van der Waals surface area contributed by atoms with Crippen molar-refractivity contribution >= 4 is 41.4 Å². The third-order valence-electron chi connectivity index (χ3n) is 5.47. The molecule has 1 aromatic carbocycles. The maximum atomic E-state index is 13.2. The predicted octanol–water partition coefficient (Wildman–Crippen LogP) is -0.230. The third-order valence-corrected chi connectivity index (χ3v) is 6.12. The van der Waals surface area contributed by atoms with Gasteiger partial charge in [-0.15, -0.1) is 0 Å². The molecule has 0 heterocycles. The smallest absolute Gasteiger partial charge is 0.326 e. The Morgan fingerprint density at radius 3 is 1.97 bits per heavy atom. The van der Waals surface area contributed by atoms with Gasteiger partial charge in [0.1, 0.15) is 18.1 Å². The Bertz CT molecular complexity index is 898. The summed E-state index contributed by atoms with van der Waals surface area (Å²) in [7, 11) is 0. The first-order chi connectivity index (χ1) is 17.0. The van der Waals surface area contributed by atoms with Crippen LogP contribution in [-0.4, -0.2) is 70.9 Å². The highest BCUT2D eigenvalue weighted by atomic mass is 32.2. The van der Waals surface area contributed by atoms with Crippen LogP contribution in [0.5, 0.6) is 0 Å². The Morgan fingerprint density at radius 2 is 1.44 bits per heavy atom. The first-order valence-electron chi connectivity index (χ1n) is 11.7. The monoisotopic (exact) mass is 523 g/mol. The van der Waals surface area contributed by atoms with Crippen LogP contribution < -0.4 is 27.4 Å². The highest BCUT2D eigenvalue weighted by Gasteiger charge is 2.31. The molecule has 4 amide bonds. The Kier molecular flexibility index (Phi) is 13.6. The molecule has 1 aromatic rings. The number of aliphatic carboxylic acids is 1. The molecule has 0 aliphatic carbocycles. The molecule has 36 heavy (non-hydrogen) atoms. The summed E-state index contributed by atoms with van der Waals surface area (Å²) in [6, 6.07) is 4.64. The summed E-state index contributed by atoms with van der Waals surface area (Å²) in [6.45, 7) is 3.55. The molecule has 1 rings (SSSR count).